The number of benzene rings is 2. The van der Waals surface area contributed by atoms with Crippen molar-refractivity contribution in [3.8, 4) is 5.69 Å². The minimum Gasteiger partial charge on any atom is -0.267 e. The number of halogens is 6. The third-order valence-electron chi connectivity index (χ3n) is 4.84. The van der Waals surface area contributed by atoms with Crippen molar-refractivity contribution < 1.29 is 31.1 Å². The maximum absolute atomic E-state index is 13.1. The molecule has 0 atom stereocenters. The minimum atomic E-state index is -5.13. The van der Waals surface area contributed by atoms with Crippen LogP contribution in [0.25, 0.3) is 16.7 Å². The van der Waals surface area contributed by atoms with Crippen LogP contribution in [-0.2, 0) is 12.4 Å². The van der Waals surface area contributed by atoms with Gasteiger partial charge in [-0.25, -0.2) is 14.3 Å². The number of hydrogen-bond donors (Lipinski definition) is 1. The molecule has 0 bridgehead atoms. The van der Waals surface area contributed by atoms with Gasteiger partial charge < -0.3 is 0 Å². The molecule has 0 aliphatic rings. The zero-order valence-electron chi connectivity index (χ0n) is 17.1. The number of nitrogens with zero attached hydrogens (tertiary/aromatic N) is 4. The minimum absolute atomic E-state index is 0.0385. The third kappa shape index (κ3) is 4.36. The lowest BCUT2D eigenvalue weighted by Crippen LogP contribution is -2.33. The van der Waals surface area contributed by atoms with Crippen molar-refractivity contribution in [2.24, 2.45) is 0 Å². The molecule has 1 N–H and O–H groups in total. The van der Waals surface area contributed by atoms with Crippen LogP contribution in [0.4, 0.5) is 26.3 Å². The van der Waals surface area contributed by atoms with Gasteiger partial charge in [0.1, 0.15) is 11.7 Å². The Balaban J connectivity index is 1.71. The van der Waals surface area contributed by atoms with Crippen LogP contribution in [0.1, 0.15) is 27.0 Å². The fraction of sp³-hybridized carbons (Fsp3) is 0.143. The molecule has 4 aromatic rings. The Morgan fingerprint density at radius 3 is 2.09 bits per heavy atom. The van der Waals surface area contributed by atoms with E-state index in [-0.39, 0.29) is 29.2 Å². The standard InChI is InChI=1S/C21H13F6N5O2/c1-11-2-4-15(5-3-11)32-17-16(9-29-32)19(34)31(10-28-17)30-18(33)12-6-13(20(22,23)24)8-14(7-12)21(25,26)27/h2-10H,1H3,(H,30,33). The van der Waals surface area contributed by atoms with Crippen molar-refractivity contribution in [1.82, 2.24) is 19.4 Å². The van der Waals surface area contributed by atoms with E-state index in [1.807, 2.05) is 24.5 Å². The van der Waals surface area contributed by atoms with Gasteiger partial charge in [-0.2, -0.15) is 31.4 Å². The first-order valence-corrected chi connectivity index (χ1v) is 9.48. The van der Waals surface area contributed by atoms with E-state index in [1.165, 1.54) is 10.9 Å². The van der Waals surface area contributed by atoms with Gasteiger partial charge >= 0.3 is 12.4 Å². The number of hydrogen-bond acceptors (Lipinski definition) is 4. The highest BCUT2D eigenvalue weighted by Crippen LogP contribution is 2.36. The quantitative estimate of drug-likeness (QED) is 0.442. The number of carbonyl (C=O) groups is 1. The SMILES string of the molecule is Cc1ccc(-n2ncc3c(=O)n(NC(=O)c4cc(C(F)(F)F)cc(C(F)(F)F)c4)cnc32)cc1. The van der Waals surface area contributed by atoms with Gasteiger partial charge in [0.15, 0.2) is 5.65 Å². The Labute approximate surface area is 186 Å². The molecule has 7 nitrogen and oxygen atoms in total. The molecule has 0 spiro atoms. The lowest BCUT2D eigenvalue weighted by atomic mass is 10.0. The summed E-state index contributed by atoms with van der Waals surface area (Å²) < 4.78 is 80.3. The van der Waals surface area contributed by atoms with Crippen LogP contribution in [-0.4, -0.2) is 25.3 Å². The Bertz CT molecular complexity index is 1420. The van der Waals surface area contributed by atoms with Crippen LogP contribution in [0, 0.1) is 6.92 Å². The first-order valence-electron chi connectivity index (χ1n) is 9.48. The average Bonchev–Trinajstić information content (AvgIpc) is 3.19. The van der Waals surface area contributed by atoms with Gasteiger partial charge in [0, 0.05) is 5.56 Å². The molecule has 0 saturated carbocycles. The Morgan fingerprint density at radius 1 is 0.941 bits per heavy atom. The topological polar surface area (TPSA) is 81.8 Å². The van der Waals surface area contributed by atoms with Gasteiger partial charge in [-0.15, -0.1) is 0 Å². The summed E-state index contributed by atoms with van der Waals surface area (Å²) in [6.07, 6.45) is -8.19. The predicted octanol–water partition coefficient (Wildman–Crippen LogP) is 4.31. The van der Waals surface area contributed by atoms with Crippen molar-refractivity contribution in [3.05, 3.63) is 87.6 Å². The Hall–Kier alpha value is -4.16. The molecule has 0 saturated heterocycles. The number of amides is 1. The average molecular weight is 481 g/mol. The predicted molar refractivity (Wildman–Crippen MR) is 108 cm³/mol. The van der Waals surface area contributed by atoms with Crippen LogP contribution >= 0.6 is 0 Å². The van der Waals surface area contributed by atoms with E-state index in [0.717, 1.165) is 11.9 Å². The lowest BCUT2D eigenvalue weighted by Gasteiger charge is -2.14. The monoisotopic (exact) mass is 481 g/mol. The van der Waals surface area contributed by atoms with E-state index in [0.29, 0.717) is 10.4 Å². The molecule has 13 heteroatoms. The van der Waals surface area contributed by atoms with Crippen LogP contribution < -0.4 is 11.0 Å². The number of aromatic nitrogens is 4. The summed E-state index contributed by atoms with van der Waals surface area (Å²) >= 11 is 0. The first kappa shape index (κ1) is 23.0. The second kappa shape index (κ2) is 8.01. The Kier molecular flexibility index (Phi) is 5.42. The number of fused-ring (bicyclic) bond motifs is 1. The van der Waals surface area contributed by atoms with Gasteiger partial charge in [0.25, 0.3) is 11.5 Å². The van der Waals surface area contributed by atoms with Gasteiger partial charge in [-0.1, -0.05) is 17.7 Å². The number of aryl methyl sites for hydroxylation is 1. The Morgan fingerprint density at radius 2 is 1.53 bits per heavy atom. The van der Waals surface area contributed by atoms with Crippen molar-refractivity contribution in [2.45, 2.75) is 19.3 Å². The fourth-order valence-corrected chi connectivity index (χ4v) is 3.13. The molecular weight excluding hydrogens is 468 g/mol. The molecule has 4 rings (SSSR count). The molecule has 0 aliphatic carbocycles. The summed E-state index contributed by atoms with van der Waals surface area (Å²) in [5.41, 5.74) is -1.41. The van der Waals surface area contributed by atoms with Crippen LogP contribution in [0.2, 0.25) is 0 Å². The number of rotatable bonds is 3. The highest BCUT2D eigenvalue weighted by Gasteiger charge is 2.37. The van der Waals surface area contributed by atoms with Gasteiger partial charge in [0.2, 0.25) is 0 Å². The number of alkyl halides is 6. The number of nitrogens with one attached hydrogen (secondary N) is 1. The largest absolute Gasteiger partial charge is 0.416 e. The van der Waals surface area contributed by atoms with Crippen LogP contribution in [0.3, 0.4) is 0 Å². The highest BCUT2D eigenvalue weighted by atomic mass is 19.4. The van der Waals surface area contributed by atoms with Crippen molar-refractivity contribution in [1.29, 1.82) is 0 Å². The summed E-state index contributed by atoms with van der Waals surface area (Å²) in [7, 11) is 0. The van der Waals surface area contributed by atoms with Crippen molar-refractivity contribution >= 4 is 16.9 Å². The third-order valence-corrected chi connectivity index (χ3v) is 4.84. The lowest BCUT2D eigenvalue weighted by molar-refractivity contribution is -0.143. The molecular formula is C21H13F6N5O2. The first-order chi connectivity index (χ1) is 15.8. The number of carbonyl (C=O) groups excluding carboxylic acids is 1. The van der Waals surface area contributed by atoms with E-state index >= 15 is 0 Å². The molecule has 0 fully saturated rings. The van der Waals surface area contributed by atoms with Crippen molar-refractivity contribution in [3.63, 3.8) is 0 Å². The van der Waals surface area contributed by atoms with Crippen LogP contribution in [0.5, 0.6) is 0 Å². The second-order valence-corrected chi connectivity index (χ2v) is 7.28. The maximum Gasteiger partial charge on any atom is 0.416 e. The van der Waals surface area contributed by atoms with Gasteiger partial charge in [-0.05, 0) is 37.3 Å². The van der Waals surface area contributed by atoms with E-state index < -0.39 is 40.5 Å². The molecule has 2 aromatic carbocycles. The summed E-state index contributed by atoms with van der Waals surface area (Å²) in [6.45, 7) is 1.88. The molecule has 34 heavy (non-hydrogen) atoms. The maximum atomic E-state index is 13.1. The fourth-order valence-electron chi connectivity index (χ4n) is 3.13. The molecule has 2 heterocycles. The van der Waals surface area contributed by atoms with E-state index in [2.05, 4.69) is 10.1 Å². The van der Waals surface area contributed by atoms with E-state index in [1.54, 1.807) is 12.1 Å². The summed E-state index contributed by atoms with van der Waals surface area (Å²) in [5, 5.41) is 4.05. The zero-order chi connectivity index (χ0) is 24.8. The zero-order valence-corrected chi connectivity index (χ0v) is 17.1. The highest BCUT2D eigenvalue weighted by molar-refractivity contribution is 6.00. The molecule has 0 radical (unpaired) electrons. The van der Waals surface area contributed by atoms with Gasteiger partial charge in [0.05, 0.1) is 23.0 Å². The van der Waals surface area contributed by atoms with Crippen LogP contribution in [0.15, 0.2) is 59.8 Å². The molecule has 0 unspecified atom stereocenters. The molecule has 0 aliphatic heterocycles. The summed E-state index contributed by atoms with van der Waals surface area (Å²) in [4.78, 5) is 29.3. The van der Waals surface area contributed by atoms with Crippen molar-refractivity contribution in [2.75, 3.05) is 5.43 Å². The molecule has 2 aromatic heterocycles. The smallest absolute Gasteiger partial charge is 0.267 e. The molecule has 1 amide bonds. The van der Waals surface area contributed by atoms with E-state index in [4.69, 9.17) is 0 Å². The second-order valence-electron chi connectivity index (χ2n) is 7.28. The normalized spacial score (nSPS) is 12.2. The summed E-state index contributed by atoms with van der Waals surface area (Å²) in [6, 6.07) is 7.53. The summed E-state index contributed by atoms with van der Waals surface area (Å²) in [5.74, 6) is -1.37. The van der Waals surface area contributed by atoms with Gasteiger partial charge in [-0.3, -0.25) is 15.0 Å². The molecule has 176 valence electrons. The van der Waals surface area contributed by atoms with E-state index in [9.17, 15) is 35.9 Å².